The highest BCUT2D eigenvalue weighted by Gasteiger charge is 2.22. The molecule has 0 radical (unpaired) electrons. The summed E-state index contributed by atoms with van der Waals surface area (Å²) in [7, 11) is 0. The largest absolute Gasteiger partial charge is 0.391 e. The van der Waals surface area contributed by atoms with Gasteiger partial charge in [0.1, 0.15) is 0 Å². The van der Waals surface area contributed by atoms with Gasteiger partial charge in [0.05, 0.1) is 12.2 Å². The van der Waals surface area contributed by atoms with Crippen molar-refractivity contribution in [2.24, 2.45) is 0 Å². The lowest BCUT2D eigenvalue weighted by molar-refractivity contribution is 0.196. The first-order valence-corrected chi connectivity index (χ1v) is 5.38. The van der Waals surface area contributed by atoms with Gasteiger partial charge >= 0.3 is 0 Å². The van der Waals surface area contributed by atoms with Crippen molar-refractivity contribution in [1.29, 1.82) is 0 Å². The van der Waals surface area contributed by atoms with Crippen molar-refractivity contribution in [3.8, 4) is 0 Å². The number of β-amino-alcohol motifs (C(OH)–C–C–N with tert-alkyl or cyclic N) is 1. The van der Waals surface area contributed by atoms with Crippen molar-refractivity contribution in [2.75, 3.05) is 18.0 Å². The Labute approximate surface area is 90.0 Å². The van der Waals surface area contributed by atoms with Crippen LogP contribution in [0.1, 0.15) is 25.0 Å². The molecular formula is C12H17NO2. The van der Waals surface area contributed by atoms with Gasteiger partial charge in [0, 0.05) is 24.3 Å². The highest BCUT2D eigenvalue weighted by atomic mass is 16.3. The number of aliphatic hydroxyl groups excluding tert-OH is 2. The molecule has 3 nitrogen and oxygen atoms in total. The van der Waals surface area contributed by atoms with Crippen molar-refractivity contribution in [3.05, 3.63) is 29.8 Å². The molecule has 15 heavy (non-hydrogen) atoms. The Balaban J connectivity index is 2.27. The summed E-state index contributed by atoms with van der Waals surface area (Å²) in [6, 6.07) is 7.83. The predicted molar refractivity (Wildman–Crippen MR) is 59.9 cm³/mol. The molecule has 0 bridgehead atoms. The lowest BCUT2D eigenvalue weighted by atomic mass is 10.1. The minimum absolute atomic E-state index is 0.230. The molecule has 1 aromatic carbocycles. The molecule has 1 heterocycles. The Kier molecular flexibility index (Phi) is 2.93. The zero-order valence-electron chi connectivity index (χ0n) is 8.93. The monoisotopic (exact) mass is 207 g/mol. The number of hydrogen-bond donors (Lipinski definition) is 2. The van der Waals surface area contributed by atoms with Crippen LogP contribution in [0.5, 0.6) is 0 Å². The van der Waals surface area contributed by atoms with E-state index in [-0.39, 0.29) is 6.10 Å². The van der Waals surface area contributed by atoms with Crippen molar-refractivity contribution in [1.82, 2.24) is 0 Å². The van der Waals surface area contributed by atoms with Crippen molar-refractivity contribution in [3.63, 3.8) is 0 Å². The average Bonchev–Trinajstić information content (AvgIpc) is 2.65. The summed E-state index contributed by atoms with van der Waals surface area (Å²) in [6.07, 6.45) is 0.125. The highest BCUT2D eigenvalue weighted by molar-refractivity contribution is 5.55. The number of rotatable bonds is 2. The molecule has 1 saturated heterocycles. The molecule has 2 atom stereocenters. The van der Waals surface area contributed by atoms with Crippen LogP contribution in [0.25, 0.3) is 0 Å². The van der Waals surface area contributed by atoms with E-state index in [1.54, 1.807) is 6.92 Å². The first-order valence-electron chi connectivity index (χ1n) is 5.38. The molecular weight excluding hydrogens is 190 g/mol. The molecule has 1 aliphatic heterocycles. The molecule has 1 aliphatic rings. The van der Waals surface area contributed by atoms with Crippen LogP contribution in [0, 0.1) is 0 Å². The van der Waals surface area contributed by atoms with Gasteiger partial charge < -0.3 is 15.1 Å². The van der Waals surface area contributed by atoms with E-state index in [9.17, 15) is 10.2 Å². The number of anilines is 1. The summed E-state index contributed by atoms with van der Waals surface area (Å²) in [5, 5.41) is 19.1. The van der Waals surface area contributed by atoms with Gasteiger partial charge in [0.15, 0.2) is 0 Å². The van der Waals surface area contributed by atoms with Crippen LogP contribution >= 0.6 is 0 Å². The maximum absolute atomic E-state index is 9.64. The van der Waals surface area contributed by atoms with E-state index in [1.165, 1.54) is 0 Å². The van der Waals surface area contributed by atoms with E-state index in [1.807, 2.05) is 24.3 Å². The maximum atomic E-state index is 9.64. The van der Waals surface area contributed by atoms with E-state index in [0.29, 0.717) is 6.54 Å². The lowest BCUT2D eigenvalue weighted by Crippen LogP contribution is -2.22. The summed E-state index contributed by atoms with van der Waals surface area (Å²) in [4.78, 5) is 2.13. The number of aliphatic hydroxyl groups is 2. The van der Waals surface area contributed by atoms with E-state index in [0.717, 1.165) is 24.2 Å². The topological polar surface area (TPSA) is 43.7 Å². The summed E-state index contributed by atoms with van der Waals surface area (Å²) >= 11 is 0. The molecule has 0 spiro atoms. The first kappa shape index (κ1) is 10.5. The van der Waals surface area contributed by atoms with Crippen LogP contribution < -0.4 is 4.90 Å². The minimum atomic E-state index is -0.459. The van der Waals surface area contributed by atoms with Crippen molar-refractivity contribution >= 4 is 5.69 Å². The van der Waals surface area contributed by atoms with Crippen LogP contribution in [-0.2, 0) is 0 Å². The molecule has 82 valence electrons. The van der Waals surface area contributed by atoms with Crippen molar-refractivity contribution < 1.29 is 10.2 Å². The normalized spacial score (nSPS) is 23.1. The van der Waals surface area contributed by atoms with Gasteiger partial charge in [-0.15, -0.1) is 0 Å². The third-order valence-electron chi connectivity index (χ3n) is 2.89. The minimum Gasteiger partial charge on any atom is -0.391 e. The molecule has 2 rings (SSSR count). The fourth-order valence-corrected chi connectivity index (χ4v) is 2.09. The van der Waals surface area contributed by atoms with Gasteiger partial charge in [-0.1, -0.05) is 18.2 Å². The number of hydrogen-bond acceptors (Lipinski definition) is 3. The Morgan fingerprint density at radius 2 is 2.13 bits per heavy atom. The molecule has 3 heteroatoms. The Morgan fingerprint density at radius 1 is 1.40 bits per heavy atom. The van der Waals surface area contributed by atoms with Gasteiger partial charge in [-0.25, -0.2) is 0 Å². The van der Waals surface area contributed by atoms with Gasteiger partial charge in [0.25, 0.3) is 0 Å². The summed E-state index contributed by atoms with van der Waals surface area (Å²) in [5.41, 5.74) is 1.98. The molecule has 2 N–H and O–H groups in total. The van der Waals surface area contributed by atoms with Gasteiger partial charge in [-0.05, 0) is 19.4 Å². The van der Waals surface area contributed by atoms with Crippen LogP contribution in [0.4, 0.5) is 5.69 Å². The van der Waals surface area contributed by atoms with E-state index >= 15 is 0 Å². The van der Waals surface area contributed by atoms with Gasteiger partial charge in [0.2, 0.25) is 0 Å². The Morgan fingerprint density at radius 3 is 2.73 bits per heavy atom. The number of para-hydroxylation sites is 1. The molecule has 0 aliphatic carbocycles. The first-order chi connectivity index (χ1) is 7.18. The van der Waals surface area contributed by atoms with Crippen LogP contribution in [0.3, 0.4) is 0 Å². The standard InChI is InChI=1S/C12H17NO2/c1-9(14)11-4-2-3-5-12(11)13-7-6-10(15)8-13/h2-5,9-10,14-15H,6-8H2,1H3. The molecule has 0 amide bonds. The Bertz CT molecular complexity index is 338. The summed E-state index contributed by atoms with van der Waals surface area (Å²) in [5.74, 6) is 0. The third kappa shape index (κ3) is 2.13. The van der Waals surface area contributed by atoms with E-state index < -0.39 is 6.10 Å². The highest BCUT2D eigenvalue weighted by Crippen LogP contribution is 2.28. The smallest absolute Gasteiger partial charge is 0.0781 e. The second-order valence-electron chi connectivity index (χ2n) is 4.12. The van der Waals surface area contributed by atoms with Crippen LogP contribution in [0.15, 0.2) is 24.3 Å². The predicted octanol–water partition coefficient (Wildman–Crippen LogP) is 1.31. The number of benzene rings is 1. The quantitative estimate of drug-likeness (QED) is 0.768. The second-order valence-corrected chi connectivity index (χ2v) is 4.12. The number of nitrogens with zero attached hydrogens (tertiary/aromatic N) is 1. The maximum Gasteiger partial charge on any atom is 0.0781 e. The van der Waals surface area contributed by atoms with Crippen LogP contribution in [0.2, 0.25) is 0 Å². The molecule has 1 fully saturated rings. The molecule has 0 saturated carbocycles. The molecule has 0 aromatic heterocycles. The van der Waals surface area contributed by atoms with Crippen molar-refractivity contribution in [2.45, 2.75) is 25.6 Å². The summed E-state index contributed by atoms with van der Waals surface area (Å²) < 4.78 is 0. The van der Waals surface area contributed by atoms with Crippen LogP contribution in [-0.4, -0.2) is 29.4 Å². The lowest BCUT2D eigenvalue weighted by Gasteiger charge is -2.22. The van der Waals surface area contributed by atoms with E-state index in [2.05, 4.69) is 4.90 Å². The SMILES string of the molecule is CC(O)c1ccccc1N1CCC(O)C1. The summed E-state index contributed by atoms with van der Waals surface area (Å²) in [6.45, 7) is 3.31. The third-order valence-corrected chi connectivity index (χ3v) is 2.89. The zero-order chi connectivity index (χ0) is 10.8. The molecule has 1 aromatic rings. The van der Waals surface area contributed by atoms with E-state index in [4.69, 9.17) is 0 Å². The Hall–Kier alpha value is -1.06. The molecule has 2 unspecified atom stereocenters. The second kappa shape index (κ2) is 4.21. The fraction of sp³-hybridized carbons (Fsp3) is 0.500. The van der Waals surface area contributed by atoms with Gasteiger partial charge in [-0.2, -0.15) is 0 Å². The fourth-order valence-electron chi connectivity index (χ4n) is 2.09. The average molecular weight is 207 g/mol. The van der Waals surface area contributed by atoms with Gasteiger partial charge in [-0.3, -0.25) is 0 Å². The zero-order valence-corrected chi connectivity index (χ0v) is 8.93.